The van der Waals surface area contributed by atoms with Gasteiger partial charge in [0.1, 0.15) is 17.3 Å². The van der Waals surface area contributed by atoms with Gasteiger partial charge in [-0.05, 0) is 64.0 Å². The SMILES string of the molecule is Cc1cc(N2CCN(C(=O)c3cnc(NCC4CCCC4)c(C(C)C)n3)C(C)(C)C2)nc(C)c1C(=O)O. The molecule has 2 aliphatic rings. The molecule has 2 aromatic rings. The molecule has 0 bridgehead atoms. The van der Waals surface area contributed by atoms with Gasteiger partial charge in [0.15, 0.2) is 0 Å². The van der Waals surface area contributed by atoms with Crippen LogP contribution in [0.2, 0.25) is 0 Å². The van der Waals surface area contributed by atoms with Gasteiger partial charge in [0, 0.05) is 26.2 Å². The van der Waals surface area contributed by atoms with E-state index in [0.29, 0.717) is 42.5 Å². The Morgan fingerprint density at radius 3 is 2.46 bits per heavy atom. The Labute approximate surface area is 219 Å². The number of amides is 1. The first-order chi connectivity index (χ1) is 17.5. The predicted molar refractivity (Wildman–Crippen MR) is 145 cm³/mol. The maximum atomic E-state index is 13.6. The van der Waals surface area contributed by atoms with Crippen molar-refractivity contribution in [3.63, 3.8) is 0 Å². The number of carboxylic acid groups (broad SMARTS) is 1. The third-order valence-corrected chi connectivity index (χ3v) is 7.67. The molecule has 1 amide bonds. The number of nitrogens with one attached hydrogen (secondary N) is 1. The fourth-order valence-corrected chi connectivity index (χ4v) is 5.66. The van der Waals surface area contributed by atoms with Gasteiger partial charge in [-0.2, -0.15) is 0 Å². The first-order valence-electron chi connectivity index (χ1n) is 13.4. The topological polar surface area (TPSA) is 112 Å². The van der Waals surface area contributed by atoms with Gasteiger partial charge in [0.25, 0.3) is 5.91 Å². The first kappa shape index (κ1) is 26.8. The summed E-state index contributed by atoms with van der Waals surface area (Å²) in [7, 11) is 0. The summed E-state index contributed by atoms with van der Waals surface area (Å²) in [4.78, 5) is 43.2. The van der Waals surface area contributed by atoms with Gasteiger partial charge in [-0.25, -0.2) is 19.7 Å². The number of rotatable bonds is 7. The van der Waals surface area contributed by atoms with Crippen LogP contribution in [0.25, 0.3) is 0 Å². The number of nitrogens with zero attached hydrogens (tertiary/aromatic N) is 5. The number of carbonyl (C=O) groups is 2. The van der Waals surface area contributed by atoms with Gasteiger partial charge in [0.2, 0.25) is 0 Å². The minimum absolute atomic E-state index is 0.122. The lowest BCUT2D eigenvalue weighted by molar-refractivity contribution is 0.0506. The number of carbonyl (C=O) groups excluding carboxylic acids is 1. The van der Waals surface area contributed by atoms with E-state index in [1.165, 1.54) is 25.7 Å². The number of hydrogen-bond acceptors (Lipinski definition) is 7. The van der Waals surface area contributed by atoms with E-state index in [1.807, 2.05) is 24.8 Å². The van der Waals surface area contributed by atoms with E-state index in [-0.39, 0.29) is 17.4 Å². The Bertz CT molecular complexity index is 1150. The van der Waals surface area contributed by atoms with Crippen LogP contribution in [-0.2, 0) is 0 Å². The van der Waals surface area contributed by atoms with Gasteiger partial charge >= 0.3 is 5.97 Å². The van der Waals surface area contributed by atoms with Gasteiger partial charge in [-0.3, -0.25) is 4.79 Å². The van der Waals surface area contributed by atoms with Crippen molar-refractivity contribution in [2.75, 3.05) is 36.4 Å². The molecule has 9 heteroatoms. The van der Waals surface area contributed by atoms with Crippen molar-refractivity contribution in [1.29, 1.82) is 0 Å². The zero-order valence-electron chi connectivity index (χ0n) is 23.0. The third kappa shape index (κ3) is 5.70. The third-order valence-electron chi connectivity index (χ3n) is 7.67. The molecule has 0 aromatic carbocycles. The van der Waals surface area contributed by atoms with Crippen LogP contribution in [0, 0.1) is 19.8 Å². The lowest BCUT2D eigenvalue weighted by Gasteiger charge is -2.47. The number of carboxylic acids is 1. The number of aromatic carboxylic acids is 1. The van der Waals surface area contributed by atoms with E-state index in [1.54, 1.807) is 20.0 Å². The average molecular weight is 509 g/mol. The number of pyridine rings is 1. The molecular formula is C28H40N6O3. The molecule has 200 valence electrons. The minimum atomic E-state index is -0.966. The first-order valence-corrected chi connectivity index (χ1v) is 13.4. The molecule has 2 aromatic heterocycles. The molecule has 1 saturated heterocycles. The van der Waals surface area contributed by atoms with Crippen LogP contribution in [0.15, 0.2) is 12.3 Å². The number of hydrogen-bond donors (Lipinski definition) is 2. The monoisotopic (exact) mass is 508 g/mol. The summed E-state index contributed by atoms with van der Waals surface area (Å²) < 4.78 is 0. The van der Waals surface area contributed by atoms with Gasteiger partial charge in [-0.1, -0.05) is 26.7 Å². The second-order valence-electron chi connectivity index (χ2n) is 11.4. The Kier molecular flexibility index (Phi) is 7.71. The van der Waals surface area contributed by atoms with Crippen LogP contribution >= 0.6 is 0 Å². The van der Waals surface area contributed by atoms with Crippen LogP contribution in [0.4, 0.5) is 11.6 Å². The highest BCUT2D eigenvalue weighted by molar-refractivity contribution is 5.93. The standard InChI is InChI=1S/C28H40N6O3/c1-17(2)24-25(29-14-20-9-7-8-10-20)30-15-21(32-24)26(35)34-12-11-33(16-28(34,5)6)22-13-18(3)23(27(36)37)19(4)31-22/h13,15,17,20H,7-12,14,16H2,1-6H3,(H,29,30)(H,36,37). The van der Waals surface area contributed by atoms with Crippen LogP contribution in [0.3, 0.4) is 0 Å². The zero-order chi connectivity index (χ0) is 26.9. The normalized spacial score (nSPS) is 17.9. The maximum absolute atomic E-state index is 13.6. The fourth-order valence-electron chi connectivity index (χ4n) is 5.66. The number of piperazine rings is 1. The molecule has 0 spiro atoms. The largest absolute Gasteiger partial charge is 0.478 e. The Hall–Kier alpha value is -3.23. The quantitative estimate of drug-likeness (QED) is 0.556. The van der Waals surface area contributed by atoms with Crippen molar-refractivity contribution < 1.29 is 14.7 Å². The summed E-state index contributed by atoms with van der Waals surface area (Å²) in [5.41, 5.74) is 2.14. The molecule has 1 aliphatic carbocycles. The molecule has 4 rings (SSSR count). The van der Waals surface area contributed by atoms with Crippen molar-refractivity contribution in [3.05, 3.63) is 40.5 Å². The smallest absolute Gasteiger partial charge is 0.337 e. The molecule has 0 radical (unpaired) electrons. The van der Waals surface area contributed by atoms with Crippen LogP contribution in [0.1, 0.15) is 97.1 Å². The number of anilines is 2. The fraction of sp³-hybridized carbons (Fsp3) is 0.607. The maximum Gasteiger partial charge on any atom is 0.337 e. The summed E-state index contributed by atoms with van der Waals surface area (Å²) in [5.74, 6) is 1.25. The molecule has 2 N–H and O–H groups in total. The number of aromatic nitrogens is 3. The lowest BCUT2D eigenvalue weighted by Crippen LogP contribution is -2.61. The highest BCUT2D eigenvalue weighted by Gasteiger charge is 2.38. The number of aryl methyl sites for hydroxylation is 2. The van der Waals surface area contributed by atoms with E-state index in [0.717, 1.165) is 23.9 Å². The molecule has 0 unspecified atom stereocenters. The van der Waals surface area contributed by atoms with Crippen molar-refractivity contribution in [2.45, 2.75) is 78.7 Å². The average Bonchev–Trinajstić information content (AvgIpc) is 3.34. The molecule has 37 heavy (non-hydrogen) atoms. The van der Waals surface area contributed by atoms with Crippen LogP contribution in [0.5, 0.6) is 0 Å². The van der Waals surface area contributed by atoms with Crippen LogP contribution in [-0.4, -0.2) is 68.6 Å². The Morgan fingerprint density at radius 2 is 1.86 bits per heavy atom. The summed E-state index contributed by atoms with van der Waals surface area (Å²) in [6.45, 7) is 14.3. The predicted octanol–water partition coefficient (Wildman–Crippen LogP) is 4.65. The second kappa shape index (κ2) is 10.6. The second-order valence-corrected chi connectivity index (χ2v) is 11.4. The molecule has 0 atom stereocenters. The summed E-state index contributed by atoms with van der Waals surface area (Å²) in [6, 6.07) is 1.82. The van der Waals surface area contributed by atoms with E-state index >= 15 is 0 Å². The van der Waals surface area contributed by atoms with E-state index in [9.17, 15) is 14.7 Å². The van der Waals surface area contributed by atoms with Crippen molar-refractivity contribution in [3.8, 4) is 0 Å². The van der Waals surface area contributed by atoms with Crippen molar-refractivity contribution in [2.24, 2.45) is 5.92 Å². The van der Waals surface area contributed by atoms with Crippen molar-refractivity contribution >= 4 is 23.5 Å². The van der Waals surface area contributed by atoms with E-state index in [2.05, 4.69) is 34.0 Å². The van der Waals surface area contributed by atoms with E-state index in [4.69, 9.17) is 4.98 Å². The molecule has 3 heterocycles. The molecular weight excluding hydrogens is 468 g/mol. The zero-order valence-corrected chi connectivity index (χ0v) is 23.0. The molecule has 1 aliphatic heterocycles. The van der Waals surface area contributed by atoms with E-state index < -0.39 is 11.5 Å². The molecule has 2 fully saturated rings. The van der Waals surface area contributed by atoms with Gasteiger partial charge in [-0.15, -0.1) is 0 Å². The summed E-state index contributed by atoms with van der Waals surface area (Å²) in [5, 5.41) is 13.0. The minimum Gasteiger partial charge on any atom is -0.478 e. The van der Waals surface area contributed by atoms with Gasteiger partial charge in [0.05, 0.1) is 28.7 Å². The Morgan fingerprint density at radius 1 is 1.16 bits per heavy atom. The summed E-state index contributed by atoms with van der Waals surface area (Å²) in [6.07, 6.45) is 6.72. The molecule has 1 saturated carbocycles. The highest BCUT2D eigenvalue weighted by atomic mass is 16.4. The van der Waals surface area contributed by atoms with Crippen molar-refractivity contribution in [1.82, 2.24) is 19.9 Å². The lowest BCUT2D eigenvalue weighted by atomic mass is 9.97. The summed E-state index contributed by atoms with van der Waals surface area (Å²) >= 11 is 0. The van der Waals surface area contributed by atoms with Crippen LogP contribution < -0.4 is 10.2 Å². The highest BCUT2D eigenvalue weighted by Crippen LogP contribution is 2.30. The Balaban J connectivity index is 1.50. The van der Waals surface area contributed by atoms with Gasteiger partial charge < -0.3 is 20.2 Å². The molecule has 9 nitrogen and oxygen atoms in total.